The molecule has 0 unspecified atom stereocenters. The zero-order valence-electron chi connectivity index (χ0n) is 14.5. The summed E-state index contributed by atoms with van der Waals surface area (Å²) in [5.74, 6) is -1.04. The fourth-order valence-electron chi connectivity index (χ4n) is 2.53. The number of halogens is 1. The van der Waals surface area contributed by atoms with Gasteiger partial charge < -0.3 is 10.6 Å². The quantitative estimate of drug-likeness (QED) is 0.705. The van der Waals surface area contributed by atoms with Crippen molar-refractivity contribution < 1.29 is 14.0 Å². The fourth-order valence-corrected chi connectivity index (χ4v) is 2.53. The molecule has 6 heteroatoms. The molecular weight excluding hydrogens is 345 g/mol. The zero-order chi connectivity index (χ0) is 19.1. The number of anilines is 1. The Labute approximate surface area is 156 Å². The summed E-state index contributed by atoms with van der Waals surface area (Å²) in [6.45, 7) is 0.285. The molecule has 2 amide bonds. The lowest BCUT2D eigenvalue weighted by Gasteiger charge is -2.08. The van der Waals surface area contributed by atoms with Crippen molar-refractivity contribution in [3.05, 3.63) is 95.6 Å². The number of para-hydroxylation sites is 1. The molecule has 2 N–H and O–H groups in total. The van der Waals surface area contributed by atoms with Crippen LogP contribution in [0.4, 0.5) is 10.1 Å². The van der Waals surface area contributed by atoms with E-state index in [4.69, 9.17) is 0 Å². The van der Waals surface area contributed by atoms with Crippen LogP contribution in [0, 0.1) is 5.82 Å². The molecule has 3 rings (SSSR count). The highest BCUT2D eigenvalue weighted by Gasteiger charge is 2.12. The highest BCUT2D eigenvalue weighted by atomic mass is 19.1. The molecule has 0 bridgehead atoms. The number of amides is 2. The van der Waals surface area contributed by atoms with E-state index in [9.17, 15) is 14.0 Å². The van der Waals surface area contributed by atoms with Gasteiger partial charge in [-0.15, -0.1) is 0 Å². The van der Waals surface area contributed by atoms with Crippen molar-refractivity contribution in [2.75, 3.05) is 11.9 Å². The zero-order valence-corrected chi connectivity index (χ0v) is 14.5. The van der Waals surface area contributed by atoms with Gasteiger partial charge in [-0.1, -0.05) is 36.4 Å². The monoisotopic (exact) mass is 363 g/mol. The summed E-state index contributed by atoms with van der Waals surface area (Å²) < 4.78 is 13.6. The van der Waals surface area contributed by atoms with E-state index in [0.717, 1.165) is 0 Å². The predicted octanol–water partition coefficient (Wildman–Crippen LogP) is 3.45. The second kappa shape index (κ2) is 8.71. The van der Waals surface area contributed by atoms with Gasteiger partial charge in [-0.2, -0.15) is 0 Å². The van der Waals surface area contributed by atoms with E-state index in [1.54, 1.807) is 30.3 Å². The maximum absolute atomic E-state index is 13.6. The molecule has 1 heterocycles. The Balaban J connectivity index is 1.60. The van der Waals surface area contributed by atoms with Gasteiger partial charge in [-0.05, 0) is 42.3 Å². The van der Waals surface area contributed by atoms with Gasteiger partial charge in [0.15, 0.2) is 0 Å². The Kier molecular flexibility index (Phi) is 5.89. The largest absolute Gasteiger partial charge is 0.352 e. The molecule has 0 fully saturated rings. The maximum Gasteiger partial charge on any atom is 0.274 e. The van der Waals surface area contributed by atoms with Crippen LogP contribution in [0.5, 0.6) is 0 Å². The third-order valence-electron chi connectivity index (χ3n) is 3.92. The third kappa shape index (κ3) is 4.98. The van der Waals surface area contributed by atoms with Crippen LogP contribution < -0.4 is 10.6 Å². The smallest absolute Gasteiger partial charge is 0.274 e. The van der Waals surface area contributed by atoms with Crippen LogP contribution in [-0.2, 0) is 6.42 Å². The molecule has 0 spiro atoms. The number of pyridine rings is 1. The molecule has 0 aliphatic rings. The first-order valence-corrected chi connectivity index (χ1v) is 8.47. The summed E-state index contributed by atoms with van der Waals surface area (Å²) in [7, 11) is 0. The Morgan fingerprint density at radius 3 is 2.44 bits per heavy atom. The summed E-state index contributed by atoms with van der Waals surface area (Å²) in [5, 5.41) is 5.45. The molecule has 1 aromatic heterocycles. The van der Waals surface area contributed by atoms with E-state index < -0.39 is 5.91 Å². The van der Waals surface area contributed by atoms with Crippen molar-refractivity contribution in [2.45, 2.75) is 6.42 Å². The number of hydrogen-bond donors (Lipinski definition) is 2. The molecule has 0 atom stereocenters. The van der Waals surface area contributed by atoms with Gasteiger partial charge in [0.25, 0.3) is 11.8 Å². The SMILES string of the molecule is O=C(NCCc1ccccc1F)c1ccnc(C(=O)Nc2ccccc2)c1. The molecule has 0 saturated heterocycles. The van der Waals surface area contributed by atoms with Crippen LogP contribution in [0.25, 0.3) is 0 Å². The first kappa shape index (κ1) is 18.3. The molecule has 136 valence electrons. The lowest BCUT2D eigenvalue weighted by atomic mass is 10.1. The van der Waals surface area contributed by atoms with E-state index in [0.29, 0.717) is 23.2 Å². The van der Waals surface area contributed by atoms with E-state index >= 15 is 0 Å². The summed E-state index contributed by atoms with van der Waals surface area (Å²) in [6, 6.07) is 18.4. The van der Waals surface area contributed by atoms with Gasteiger partial charge in [-0.25, -0.2) is 4.39 Å². The standard InChI is InChI=1S/C21H18FN3O2/c22-18-9-5-4-6-15(18)10-13-24-20(26)16-11-12-23-19(14-16)21(27)25-17-7-2-1-3-8-17/h1-9,11-12,14H,10,13H2,(H,24,26)(H,25,27). The molecule has 3 aromatic rings. The van der Waals surface area contributed by atoms with Gasteiger partial charge in [0.05, 0.1) is 0 Å². The highest BCUT2D eigenvalue weighted by Crippen LogP contribution is 2.09. The minimum atomic E-state index is -0.401. The fraction of sp³-hybridized carbons (Fsp3) is 0.0952. The normalized spacial score (nSPS) is 10.3. The molecule has 2 aromatic carbocycles. The average molecular weight is 363 g/mol. The summed E-state index contributed by atoms with van der Waals surface area (Å²) in [6.07, 6.45) is 1.79. The molecule has 27 heavy (non-hydrogen) atoms. The van der Waals surface area contributed by atoms with Crippen molar-refractivity contribution in [2.24, 2.45) is 0 Å². The molecular formula is C21H18FN3O2. The second-order valence-electron chi connectivity index (χ2n) is 5.85. The van der Waals surface area contributed by atoms with Crippen LogP contribution in [-0.4, -0.2) is 23.3 Å². The second-order valence-corrected chi connectivity index (χ2v) is 5.85. The Hall–Kier alpha value is -3.54. The van der Waals surface area contributed by atoms with E-state index in [-0.39, 0.29) is 24.0 Å². The minimum Gasteiger partial charge on any atom is -0.352 e. The number of carbonyl (C=O) groups excluding carboxylic acids is 2. The number of carbonyl (C=O) groups is 2. The number of rotatable bonds is 6. The first-order chi connectivity index (χ1) is 13.1. The van der Waals surface area contributed by atoms with Crippen molar-refractivity contribution in [1.82, 2.24) is 10.3 Å². The number of hydrogen-bond acceptors (Lipinski definition) is 3. The minimum absolute atomic E-state index is 0.139. The lowest BCUT2D eigenvalue weighted by molar-refractivity contribution is 0.0954. The molecule has 0 saturated carbocycles. The molecule has 0 radical (unpaired) electrons. The number of nitrogens with one attached hydrogen (secondary N) is 2. The molecule has 5 nitrogen and oxygen atoms in total. The maximum atomic E-state index is 13.6. The first-order valence-electron chi connectivity index (χ1n) is 8.47. The summed E-state index contributed by atoms with van der Waals surface area (Å²) >= 11 is 0. The van der Waals surface area contributed by atoms with Gasteiger partial charge >= 0.3 is 0 Å². The van der Waals surface area contributed by atoms with Gasteiger partial charge in [0.2, 0.25) is 0 Å². The topological polar surface area (TPSA) is 71.1 Å². The Bertz CT molecular complexity index is 945. The van der Waals surface area contributed by atoms with Crippen molar-refractivity contribution in [3.8, 4) is 0 Å². The highest BCUT2D eigenvalue weighted by molar-refractivity contribution is 6.04. The van der Waals surface area contributed by atoms with Crippen LogP contribution in [0.1, 0.15) is 26.4 Å². The van der Waals surface area contributed by atoms with Crippen molar-refractivity contribution in [3.63, 3.8) is 0 Å². The van der Waals surface area contributed by atoms with Crippen LogP contribution in [0.15, 0.2) is 72.9 Å². The van der Waals surface area contributed by atoms with E-state index in [2.05, 4.69) is 15.6 Å². The number of aromatic nitrogens is 1. The van der Waals surface area contributed by atoms with Gasteiger partial charge in [0.1, 0.15) is 11.5 Å². The van der Waals surface area contributed by atoms with Crippen LogP contribution >= 0.6 is 0 Å². The third-order valence-corrected chi connectivity index (χ3v) is 3.92. The van der Waals surface area contributed by atoms with E-state index in [1.165, 1.54) is 24.4 Å². The number of nitrogens with zero attached hydrogens (tertiary/aromatic N) is 1. The summed E-state index contributed by atoms with van der Waals surface area (Å²) in [4.78, 5) is 28.6. The number of benzene rings is 2. The predicted molar refractivity (Wildman–Crippen MR) is 101 cm³/mol. The van der Waals surface area contributed by atoms with E-state index in [1.807, 2.05) is 18.2 Å². The lowest BCUT2D eigenvalue weighted by Crippen LogP contribution is -2.26. The average Bonchev–Trinajstić information content (AvgIpc) is 2.70. The Morgan fingerprint density at radius 2 is 1.67 bits per heavy atom. The van der Waals surface area contributed by atoms with Crippen molar-refractivity contribution >= 4 is 17.5 Å². The summed E-state index contributed by atoms with van der Waals surface area (Å²) in [5.41, 5.74) is 1.64. The van der Waals surface area contributed by atoms with Gasteiger partial charge in [-0.3, -0.25) is 14.6 Å². The molecule has 0 aliphatic carbocycles. The van der Waals surface area contributed by atoms with Gasteiger partial charge in [0, 0.05) is 24.0 Å². The Morgan fingerprint density at radius 1 is 0.926 bits per heavy atom. The van der Waals surface area contributed by atoms with Crippen molar-refractivity contribution in [1.29, 1.82) is 0 Å². The van der Waals surface area contributed by atoms with Crippen LogP contribution in [0.2, 0.25) is 0 Å². The van der Waals surface area contributed by atoms with Crippen LogP contribution in [0.3, 0.4) is 0 Å². The molecule has 0 aliphatic heterocycles.